The van der Waals surface area contributed by atoms with E-state index in [2.05, 4.69) is 48.5 Å². The zero-order valence-corrected chi connectivity index (χ0v) is 22.1. The Morgan fingerprint density at radius 2 is 0.575 bits per heavy atom. The van der Waals surface area contributed by atoms with Crippen molar-refractivity contribution in [1.82, 2.24) is 0 Å². The molecule has 5 aromatic carbocycles. The number of para-hydroxylation sites is 2. The molecule has 0 unspecified atom stereocenters. The van der Waals surface area contributed by atoms with Gasteiger partial charge in [0.1, 0.15) is 0 Å². The molecular weight excluding hydrogens is 488 g/mol. The van der Waals surface area contributed by atoms with E-state index < -0.39 is 0 Å². The van der Waals surface area contributed by atoms with Gasteiger partial charge in [-0.15, -0.1) is 0 Å². The maximum absolute atomic E-state index is 5.27. The SMILES string of the molecule is c1ccc(C2=NCCN=C(c3ccccc3)C(c3ccccc3)=Nc3ccccc3N=C2c2ccccc2)cc1. The Morgan fingerprint density at radius 3 is 0.900 bits per heavy atom. The monoisotopic (exact) mass is 516 g/mol. The summed E-state index contributed by atoms with van der Waals surface area (Å²) in [7, 11) is 0. The second-order valence-electron chi connectivity index (χ2n) is 9.33. The van der Waals surface area contributed by atoms with Crippen molar-refractivity contribution in [2.45, 2.75) is 0 Å². The molecule has 0 amide bonds. The van der Waals surface area contributed by atoms with Crippen molar-refractivity contribution in [1.29, 1.82) is 0 Å². The molecular formula is C36H28N4. The molecule has 192 valence electrons. The van der Waals surface area contributed by atoms with E-state index in [0.717, 1.165) is 56.5 Å². The molecule has 0 fully saturated rings. The Bertz CT molecular complexity index is 1570. The zero-order chi connectivity index (χ0) is 27.0. The van der Waals surface area contributed by atoms with E-state index in [1.165, 1.54) is 0 Å². The molecule has 4 nitrogen and oxygen atoms in total. The molecule has 1 aliphatic heterocycles. The van der Waals surface area contributed by atoms with Crippen LogP contribution in [0.4, 0.5) is 11.4 Å². The van der Waals surface area contributed by atoms with E-state index in [1.807, 2.05) is 97.1 Å². The number of hydrogen-bond donors (Lipinski definition) is 0. The third-order valence-corrected chi connectivity index (χ3v) is 6.62. The topological polar surface area (TPSA) is 49.4 Å². The summed E-state index contributed by atoms with van der Waals surface area (Å²) in [4.78, 5) is 20.8. The summed E-state index contributed by atoms with van der Waals surface area (Å²) in [5.41, 5.74) is 8.86. The summed E-state index contributed by atoms with van der Waals surface area (Å²) in [6, 6.07) is 49.0. The highest BCUT2D eigenvalue weighted by Crippen LogP contribution is 2.30. The number of rotatable bonds is 4. The van der Waals surface area contributed by atoms with Crippen molar-refractivity contribution in [3.05, 3.63) is 168 Å². The highest BCUT2D eigenvalue weighted by Gasteiger charge is 2.19. The summed E-state index contributed by atoms with van der Waals surface area (Å²) in [5, 5.41) is 0. The van der Waals surface area contributed by atoms with Gasteiger partial charge in [0.2, 0.25) is 0 Å². The molecule has 0 bridgehead atoms. The van der Waals surface area contributed by atoms with E-state index in [9.17, 15) is 0 Å². The van der Waals surface area contributed by atoms with Gasteiger partial charge in [-0.2, -0.15) is 0 Å². The quantitative estimate of drug-likeness (QED) is 0.233. The molecule has 0 saturated heterocycles. The maximum atomic E-state index is 5.27. The highest BCUT2D eigenvalue weighted by molar-refractivity contribution is 6.55. The minimum atomic E-state index is 0.510. The molecule has 40 heavy (non-hydrogen) atoms. The van der Waals surface area contributed by atoms with Crippen molar-refractivity contribution < 1.29 is 0 Å². The molecule has 0 atom stereocenters. The van der Waals surface area contributed by atoms with Crippen molar-refractivity contribution in [3.8, 4) is 0 Å². The minimum Gasteiger partial charge on any atom is -0.281 e. The average molecular weight is 517 g/mol. The normalized spacial score (nSPS) is 13.9. The van der Waals surface area contributed by atoms with Crippen LogP contribution in [0.2, 0.25) is 0 Å². The molecule has 0 saturated carbocycles. The Labute approximate surface area is 234 Å². The van der Waals surface area contributed by atoms with Gasteiger partial charge in [0.25, 0.3) is 0 Å². The molecule has 6 rings (SSSR count). The highest BCUT2D eigenvalue weighted by atomic mass is 14.9. The maximum Gasteiger partial charge on any atom is 0.0968 e. The summed E-state index contributed by atoms with van der Waals surface area (Å²) in [5.74, 6) is 0. The third-order valence-electron chi connectivity index (χ3n) is 6.62. The third kappa shape index (κ3) is 5.62. The number of nitrogens with zero attached hydrogens (tertiary/aromatic N) is 4. The fourth-order valence-electron chi connectivity index (χ4n) is 4.72. The summed E-state index contributed by atoms with van der Waals surface area (Å²) < 4.78 is 0. The van der Waals surface area contributed by atoms with Crippen LogP contribution in [0.15, 0.2) is 166 Å². The van der Waals surface area contributed by atoms with E-state index in [4.69, 9.17) is 20.0 Å². The summed E-state index contributed by atoms with van der Waals surface area (Å²) in [6.07, 6.45) is 0. The first-order valence-corrected chi connectivity index (χ1v) is 13.4. The van der Waals surface area contributed by atoms with Gasteiger partial charge in [-0.05, 0) is 12.1 Å². The van der Waals surface area contributed by atoms with Gasteiger partial charge in [-0.1, -0.05) is 133 Å². The molecule has 1 heterocycles. The molecule has 5 aromatic rings. The van der Waals surface area contributed by atoms with Gasteiger partial charge < -0.3 is 0 Å². The zero-order valence-electron chi connectivity index (χ0n) is 22.1. The van der Waals surface area contributed by atoms with Crippen molar-refractivity contribution >= 4 is 34.2 Å². The Morgan fingerprint density at radius 1 is 0.300 bits per heavy atom. The van der Waals surface area contributed by atoms with Crippen LogP contribution in [0.1, 0.15) is 22.3 Å². The lowest BCUT2D eigenvalue weighted by atomic mass is 9.98. The van der Waals surface area contributed by atoms with Crippen LogP contribution in [-0.2, 0) is 0 Å². The molecule has 1 aliphatic rings. The van der Waals surface area contributed by atoms with Crippen molar-refractivity contribution in [3.63, 3.8) is 0 Å². The minimum absolute atomic E-state index is 0.510. The Balaban J connectivity index is 1.63. The first-order valence-electron chi connectivity index (χ1n) is 13.4. The molecule has 0 aromatic heterocycles. The smallest absolute Gasteiger partial charge is 0.0968 e. The van der Waals surface area contributed by atoms with Crippen LogP contribution in [0, 0.1) is 0 Å². The van der Waals surface area contributed by atoms with Gasteiger partial charge in [0.05, 0.1) is 47.3 Å². The first kappa shape index (κ1) is 25.1. The number of benzene rings is 5. The second-order valence-corrected chi connectivity index (χ2v) is 9.33. The number of aliphatic imine (C=N–C) groups is 4. The van der Waals surface area contributed by atoms with Gasteiger partial charge >= 0.3 is 0 Å². The van der Waals surface area contributed by atoms with Crippen LogP contribution in [0.5, 0.6) is 0 Å². The van der Waals surface area contributed by atoms with Gasteiger partial charge in [-0.3, -0.25) is 9.98 Å². The first-order chi connectivity index (χ1) is 19.9. The van der Waals surface area contributed by atoms with Gasteiger partial charge in [0.15, 0.2) is 0 Å². The van der Waals surface area contributed by atoms with E-state index in [-0.39, 0.29) is 0 Å². The summed E-state index contributed by atoms with van der Waals surface area (Å²) in [6.45, 7) is 1.02. The Kier molecular flexibility index (Phi) is 7.58. The fourth-order valence-corrected chi connectivity index (χ4v) is 4.72. The molecule has 0 radical (unpaired) electrons. The predicted octanol–water partition coefficient (Wildman–Crippen LogP) is 7.92. The van der Waals surface area contributed by atoms with Crippen molar-refractivity contribution in [2.24, 2.45) is 20.0 Å². The lowest BCUT2D eigenvalue weighted by molar-refractivity contribution is 0.979. The standard InChI is InChI=1S/C36H28N4/c1-5-15-27(16-6-1)33-35(29-19-9-3-10-20-29)39-31-23-13-14-24-32(31)40-36(30-21-11-4-12-22-30)34(38-26-25-37-33)28-17-7-2-8-18-28/h1-24H,25-26H2. The summed E-state index contributed by atoms with van der Waals surface area (Å²) >= 11 is 0. The number of fused-ring (bicyclic) bond motifs is 1. The van der Waals surface area contributed by atoms with E-state index in [0.29, 0.717) is 13.1 Å². The predicted molar refractivity (Wildman–Crippen MR) is 167 cm³/mol. The second kappa shape index (κ2) is 12.1. The molecule has 0 N–H and O–H groups in total. The van der Waals surface area contributed by atoms with Gasteiger partial charge in [0, 0.05) is 22.3 Å². The average Bonchev–Trinajstić information content (AvgIpc) is 3.03. The lowest BCUT2D eigenvalue weighted by Crippen LogP contribution is -2.20. The van der Waals surface area contributed by atoms with Crippen LogP contribution in [0.25, 0.3) is 0 Å². The van der Waals surface area contributed by atoms with E-state index in [1.54, 1.807) is 0 Å². The van der Waals surface area contributed by atoms with Crippen LogP contribution < -0.4 is 0 Å². The molecule has 0 spiro atoms. The fraction of sp³-hybridized carbons (Fsp3) is 0.0556. The molecule has 0 aliphatic carbocycles. The largest absolute Gasteiger partial charge is 0.281 e. The Hall–Kier alpha value is -5.22. The number of hydrogen-bond acceptors (Lipinski definition) is 4. The van der Waals surface area contributed by atoms with Gasteiger partial charge in [-0.25, -0.2) is 9.98 Å². The van der Waals surface area contributed by atoms with Crippen LogP contribution in [0.3, 0.4) is 0 Å². The van der Waals surface area contributed by atoms with Crippen LogP contribution >= 0.6 is 0 Å². The molecule has 4 heteroatoms. The lowest BCUT2D eigenvalue weighted by Gasteiger charge is -2.15. The van der Waals surface area contributed by atoms with E-state index >= 15 is 0 Å². The van der Waals surface area contributed by atoms with Crippen LogP contribution in [-0.4, -0.2) is 35.9 Å². The van der Waals surface area contributed by atoms with Crippen molar-refractivity contribution in [2.75, 3.05) is 13.1 Å².